The molecule has 152 valence electrons. The van der Waals surface area contributed by atoms with E-state index in [4.69, 9.17) is 4.74 Å². The monoisotopic (exact) mass is 412 g/mol. The number of benzene rings is 1. The van der Waals surface area contributed by atoms with Crippen LogP contribution in [-0.4, -0.2) is 43.1 Å². The molecule has 3 rings (SSSR count). The normalized spacial score (nSPS) is 12.8. The predicted molar refractivity (Wildman–Crippen MR) is 112 cm³/mol. The largest absolute Gasteiger partial charge is 0.382 e. The van der Waals surface area contributed by atoms with Crippen LogP contribution in [0.1, 0.15) is 39.7 Å². The summed E-state index contributed by atoms with van der Waals surface area (Å²) in [5.41, 5.74) is 1.98. The Labute approximate surface area is 174 Å². The van der Waals surface area contributed by atoms with Crippen LogP contribution in [0, 0.1) is 11.3 Å². The fourth-order valence-electron chi connectivity index (χ4n) is 3.17. The average Bonchev–Trinajstić information content (AvgIpc) is 3.10. The Hall–Kier alpha value is -2.89. The Morgan fingerprint density at radius 1 is 1.31 bits per heavy atom. The van der Waals surface area contributed by atoms with Crippen LogP contribution >= 0.6 is 11.3 Å². The topological polar surface area (TPSA) is 94.5 Å². The van der Waals surface area contributed by atoms with Gasteiger partial charge in [-0.05, 0) is 37.5 Å². The van der Waals surface area contributed by atoms with Crippen LogP contribution in [0.15, 0.2) is 30.3 Å². The Kier molecular flexibility index (Phi) is 7.22. The first kappa shape index (κ1) is 20.8. The van der Waals surface area contributed by atoms with Gasteiger partial charge < -0.3 is 20.3 Å². The van der Waals surface area contributed by atoms with E-state index in [-0.39, 0.29) is 11.9 Å². The van der Waals surface area contributed by atoms with E-state index in [0.717, 1.165) is 16.9 Å². The molecule has 0 radical (unpaired) electrons. The highest BCUT2D eigenvalue weighted by Gasteiger charge is 2.27. The number of urea groups is 1. The van der Waals surface area contributed by atoms with Crippen LogP contribution in [0.25, 0.3) is 0 Å². The number of nitrogens with one attached hydrogen (secondary N) is 2. The lowest BCUT2D eigenvalue weighted by molar-refractivity contribution is 0.102. The number of hydrogen-bond donors (Lipinski definition) is 2. The summed E-state index contributed by atoms with van der Waals surface area (Å²) in [5, 5.41) is 15.9. The second-order valence-corrected chi connectivity index (χ2v) is 7.70. The van der Waals surface area contributed by atoms with Gasteiger partial charge in [0.1, 0.15) is 11.1 Å². The minimum absolute atomic E-state index is 0.117. The Bertz CT molecular complexity index is 905. The minimum atomic E-state index is -0.246. The molecule has 0 atom stereocenters. The number of rotatable bonds is 7. The van der Waals surface area contributed by atoms with Gasteiger partial charge in [0.05, 0.1) is 12.1 Å². The Morgan fingerprint density at radius 2 is 2.10 bits per heavy atom. The summed E-state index contributed by atoms with van der Waals surface area (Å²) in [5.74, 6) is -0.246. The first-order valence-corrected chi connectivity index (χ1v) is 10.5. The first-order valence-electron chi connectivity index (χ1n) is 9.65. The Balaban J connectivity index is 1.64. The lowest BCUT2D eigenvalue weighted by Crippen LogP contribution is -2.42. The zero-order valence-electron chi connectivity index (χ0n) is 16.4. The number of fused-ring (bicyclic) bond motifs is 1. The summed E-state index contributed by atoms with van der Waals surface area (Å²) in [6, 6.07) is 11.0. The van der Waals surface area contributed by atoms with Gasteiger partial charge in [-0.3, -0.25) is 4.79 Å². The molecule has 1 aromatic carbocycles. The summed E-state index contributed by atoms with van der Waals surface area (Å²) in [6.45, 7) is 4.79. The van der Waals surface area contributed by atoms with Gasteiger partial charge in [-0.15, -0.1) is 11.3 Å². The number of nitriles is 1. The molecule has 29 heavy (non-hydrogen) atoms. The van der Waals surface area contributed by atoms with Gasteiger partial charge in [-0.1, -0.05) is 18.2 Å². The fraction of sp³-hybridized carbons (Fsp3) is 0.381. The molecule has 1 aromatic heterocycles. The third-order valence-corrected chi connectivity index (χ3v) is 5.80. The van der Waals surface area contributed by atoms with Gasteiger partial charge >= 0.3 is 6.03 Å². The third-order valence-electron chi connectivity index (χ3n) is 4.66. The van der Waals surface area contributed by atoms with E-state index in [1.807, 2.05) is 13.0 Å². The molecule has 0 unspecified atom stereocenters. The van der Waals surface area contributed by atoms with E-state index in [2.05, 4.69) is 16.7 Å². The van der Waals surface area contributed by atoms with Crippen molar-refractivity contribution in [2.75, 3.05) is 31.6 Å². The van der Waals surface area contributed by atoms with E-state index in [1.54, 1.807) is 29.2 Å². The SMILES string of the molecule is CCOCCCNC(=O)N1CCc2c(sc(NC(=O)c3ccccc3)c2C#N)C1. The predicted octanol–water partition coefficient (Wildman–Crippen LogP) is 3.37. The highest BCUT2D eigenvalue weighted by molar-refractivity contribution is 7.16. The molecular formula is C21H24N4O3S. The standard InChI is InChI=1S/C21H24N4O3S/c1-2-28-12-6-10-23-21(27)25-11-9-16-17(13-22)20(29-18(16)14-25)24-19(26)15-7-4-3-5-8-15/h3-5,7-8H,2,6,9-12,14H2,1H3,(H,23,27)(H,24,26). The smallest absolute Gasteiger partial charge is 0.317 e. The second-order valence-electron chi connectivity index (χ2n) is 6.59. The second kappa shape index (κ2) is 10.0. The van der Waals surface area contributed by atoms with Crippen LogP contribution in [0.4, 0.5) is 9.80 Å². The quantitative estimate of drug-likeness (QED) is 0.682. The molecule has 0 fully saturated rings. The van der Waals surface area contributed by atoms with E-state index in [9.17, 15) is 14.9 Å². The summed E-state index contributed by atoms with van der Waals surface area (Å²) in [6.07, 6.45) is 1.37. The number of hydrogen-bond acceptors (Lipinski definition) is 5. The molecule has 2 N–H and O–H groups in total. The van der Waals surface area contributed by atoms with Crippen molar-refractivity contribution < 1.29 is 14.3 Å². The number of carbonyl (C=O) groups is 2. The van der Waals surface area contributed by atoms with Crippen LogP contribution in [0.2, 0.25) is 0 Å². The zero-order chi connectivity index (χ0) is 20.6. The molecule has 1 aliphatic heterocycles. The van der Waals surface area contributed by atoms with Crippen LogP contribution in [-0.2, 0) is 17.7 Å². The molecule has 0 aliphatic carbocycles. The maximum Gasteiger partial charge on any atom is 0.317 e. The molecule has 3 amide bonds. The molecular weight excluding hydrogens is 388 g/mol. The van der Waals surface area contributed by atoms with Crippen LogP contribution < -0.4 is 10.6 Å². The third kappa shape index (κ3) is 5.13. The van der Waals surface area contributed by atoms with Gasteiger partial charge in [0.2, 0.25) is 0 Å². The molecule has 0 saturated heterocycles. The number of anilines is 1. The number of thiophene rings is 1. The molecule has 2 heterocycles. The lowest BCUT2D eigenvalue weighted by atomic mass is 10.0. The number of carbonyl (C=O) groups excluding carboxylic acids is 2. The van der Waals surface area contributed by atoms with Gasteiger partial charge in [0.15, 0.2) is 0 Å². The molecule has 7 nitrogen and oxygen atoms in total. The maximum atomic E-state index is 12.5. The molecule has 8 heteroatoms. The molecule has 0 bridgehead atoms. The summed E-state index contributed by atoms with van der Waals surface area (Å²) in [4.78, 5) is 27.6. The van der Waals surface area contributed by atoms with Crippen molar-refractivity contribution in [2.24, 2.45) is 0 Å². The summed E-state index contributed by atoms with van der Waals surface area (Å²) >= 11 is 1.37. The van der Waals surface area contributed by atoms with Crippen LogP contribution in [0.5, 0.6) is 0 Å². The van der Waals surface area contributed by atoms with Gasteiger partial charge in [0, 0.05) is 36.7 Å². The molecule has 1 aliphatic rings. The number of ether oxygens (including phenoxy) is 1. The van der Waals surface area contributed by atoms with E-state index >= 15 is 0 Å². The highest BCUT2D eigenvalue weighted by Crippen LogP contribution is 2.36. The van der Waals surface area contributed by atoms with E-state index in [0.29, 0.717) is 55.4 Å². The lowest BCUT2D eigenvalue weighted by Gasteiger charge is -2.27. The van der Waals surface area contributed by atoms with Crippen molar-refractivity contribution >= 4 is 28.3 Å². The van der Waals surface area contributed by atoms with Gasteiger partial charge in [-0.25, -0.2) is 4.79 Å². The summed E-state index contributed by atoms with van der Waals surface area (Å²) in [7, 11) is 0. The number of nitrogens with zero attached hydrogens (tertiary/aromatic N) is 2. The molecule has 0 saturated carbocycles. The Morgan fingerprint density at radius 3 is 2.83 bits per heavy atom. The fourth-order valence-corrected chi connectivity index (χ4v) is 4.38. The minimum Gasteiger partial charge on any atom is -0.382 e. The maximum absolute atomic E-state index is 12.5. The van der Waals surface area contributed by atoms with Crippen molar-refractivity contribution in [1.82, 2.24) is 10.2 Å². The van der Waals surface area contributed by atoms with Crippen molar-refractivity contribution in [3.63, 3.8) is 0 Å². The van der Waals surface area contributed by atoms with E-state index < -0.39 is 0 Å². The molecule has 2 aromatic rings. The summed E-state index contributed by atoms with van der Waals surface area (Å²) < 4.78 is 5.27. The van der Waals surface area contributed by atoms with Crippen molar-refractivity contribution in [1.29, 1.82) is 5.26 Å². The number of amides is 3. The average molecular weight is 413 g/mol. The van der Waals surface area contributed by atoms with Gasteiger partial charge in [-0.2, -0.15) is 5.26 Å². The van der Waals surface area contributed by atoms with Crippen molar-refractivity contribution in [3.8, 4) is 6.07 Å². The van der Waals surface area contributed by atoms with Crippen molar-refractivity contribution in [2.45, 2.75) is 26.3 Å². The van der Waals surface area contributed by atoms with Crippen molar-refractivity contribution in [3.05, 3.63) is 51.9 Å². The molecule has 0 spiro atoms. The highest BCUT2D eigenvalue weighted by atomic mass is 32.1. The first-order chi connectivity index (χ1) is 14.1. The van der Waals surface area contributed by atoms with Crippen LogP contribution in [0.3, 0.4) is 0 Å². The van der Waals surface area contributed by atoms with Gasteiger partial charge in [0.25, 0.3) is 5.91 Å². The van der Waals surface area contributed by atoms with E-state index in [1.165, 1.54) is 11.3 Å². The zero-order valence-corrected chi connectivity index (χ0v) is 17.2.